The number of nitrogens with zero attached hydrogens (tertiary/aromatic N) is 1. The number of methoxy groups -OCH3 is 1. The van der Waals surface area contributed by atoms with Crippen LogP contribution in [-0.4, -0.2) is 30.5 Å². The van der Waals surface area contributed by atoms with Crippen LogP contribution in [0.4, 0.5) is 4.79 Å². The molecule has 150 valence electrons. The highest BCUT2D eigenvalue weighted by atomic mass is 79.9. The first-order valence-electron chi connectivity index (χ1n) is 8.63. The molecule has 6 nitrogen and oxygen atoms in total. The molecule has 0 unspecified atom stereocenters. The lowest BCUT2D eigenvalue weighted by molar-refractivity contribution is -0.122. The van der Waals surface area contributed by atoms with E-state index in [1.165, 1.54) is 13.2 Å². The molecule has 1 saturated heterocycles. The first kappa shape index (κ1) is 21.0. The number of hydrogen-bond donors (Lipinski definition) is 1. The standard InChI is InChI=1S/C21H18BrClN2O4/c1-3-8-25-20(26)17(24-21(25)27)10-13-9-15(22)19(18(11-13)28-2)29-12-14-6-4-5-7-16(14)23/h3-7,9-11H,1,8,12H2,2H3,(H,24,27)/b17-10-. The highest BCUT2D eigenvalue weighted by Gasteiger charge is 2.32. The molecule has 1 aliphatic heterocycles. The van der Waals surface area contributed by atoms with E-state index in [4.69, 9.17) is 21.1 Å². The lowest BCUT2D eigenvalue weighted by Gasteiger charge is -2.14. The number of ether oxygens (including phenoxy) is 2. The summed E-state index contributed by atoms with van der Waals surface area (Å²) in [5.41, 5.74) is 1.68. The predicted molar refractivity (Wildman–Crippen MR) is 115 cm³/mol. The molecule has 1 N–H and O–H groups in total. The van der Waals surface area contributed by atoms with E-state index in [1.807, 2.05) is 18.2 Å². The van der Waals surface area contributed by atoms with Gasteiger partial charge >= 0.3 is 6.03 Å². The summed E-state index contributed by atoms with van der Waals surface area (Å²) >= 11 is 9.66. The molecule has 2 aromatic carbocycles. The molecule has 1 fully saturated rings. The van der Waals surface area contributed by atoms with Crippen LogP contribution in [0.15, 0.2) is 59.2 Å². The third-order valence-electron chi connectivity index (χ3n) is 4.17. The Bertz CT molecular complexity index is 1010. The van der Waals surface area contributed by atoms with Gasteiger partial charge < -0.3 is 14.8 Å². The molecule has 0 bridgehead atoms. The Balaban J connectivity index is 1.85. The molecule has 3 amide bonds. The van der Waals surface area contributed by atoms with Gasteiger partial charge in [-0.25, -0.2) is 4.79 Å². The maximum atomic E-state index is 12.4. The molecule has 0 radical (unpaired) electrons. The number of nitrogens with one attached hydrogen (secondary N) is 1. The summed E-state index contributed by atoms with van der Waals surface area (Å²) in [4.78, 5) is 25.3. The van der Waals surface area contributed by atoms with Gasteiger partial charge in [-0.05, 0) is 45.8 Å². The maximum Gasteiger partial charge on any atom is 0.329 e. The first-order valence-corrected chi connectivity index (χ1v) is 9.81. The van der Waals surface area contributed by atoms with Gasteiger partial charge in [0.25, 0.3) is 5.91 Å². The number of carbonyl (C=O) groups excluding carboxylic acids is 2. The fraction of sp³-hybridized carbons (Fsp3) is 0.143. The van der Waals surface area contributed by atoms with Crippen molar-refractivity contribution in [3.8, 4) is 11.5 Å². The highest BCUT2D eigenvalue weighted by molar-refractivity contribution is 9.10. The number of urea groups is 1. The van der Waals surface area contributed by atoms with Gasteiger partial charge in [-0.2, -0.15) is 0 Å². The molecule has 3 rings (SSSR count). The van der Waals surface area contributed by atoms with Crippen molar-refractivity contribution in [1.29, 1.82) is 0 Å². The van der Waals surface area contributed by atoms with Crippen LogP contribution < -0.4 is 14.8 Å². The summed E-state index contributed by atoms with van der Waals surface area (Å²) in [6.45, 7) is 3.96. The third-order valence-corrected chi connectivity index (χ3v) is 5.12. The van der Waals surface area contributed by atoms with Gasteiger partial charge in [0.15, 0.2) is 11.5 Å². The minimum atomic E-state index is -0.480. The molecular weight excluding hydrogens is 460 g/mol. The van der Waals surface area contributed by atoms with E-state index in [9.17, 15) is 9.59 Å². The van der Waals surface area contributed by atoms with E-state index >= 15 is 0 Å². The average molecular weight is 478 g/mol. The van der Waals surface area contributed by atoms with Crippen LogP contribution in [0, 0.1) is 0 Å². The minimum absolute atomic E-state index is 0.143. The second-order valence-electron chi connectivity index (χ2n) is 6.11. The molecular formula is C21H18BrClN2O4. The fourth-order valence-electron chi connectivity index (χ4n) is 2.76. The lowest BCUT2D eigenvalue weighted by Crippen LogP contribution is -2.30. The summed E-state index contributed by atoms with van der Waals surface area (Å²) in [6.07, 6.45) is 3.07. The Kier molecular flexibility index (Phi) is 6.61. The van der Waals surface area contributed by atoms with Crippen LogP contribution in [0.25, 0.3) is 6.08 Å². The topological polar surface area (TPSA) is 67.9 Å². The van der Waals surface area contributed by atoms with Gasteiger partial charge in [0.05, 0.1) is 11.6 Å². The molecule has 0 atom stereocenters. The van der Waals surface area contributed by atoms with Crippen molar-refractivity contribution in [2.24, 2.45) is 0 Å². The van der Waals surface area contributed by atoms with Crippen molar-refractivity contribution >= 4 is 45.5 Å². The van der Waals surface area contributed by atoms with E-state index < -0.39 is 11.9 Å². The van der Waals surface area contributed by atoms with Crippen molar-refractivity contribution in [3.63, 3.8) is 0 Å². The van der Waals surface area contributed by atoms with Crippen molar-refractivity contribution in [1.82, 2.24) is 10.2 Å². The summed E-state index contributed by atoms with van der Waals surface area (Å²) in [5, 5.41) is 3.17. The van der Waals surface area contributed by atoms with E-state index in [-0.39, 0.29) is 18.8 Å². The number of rotatable bonds is 7. The van der Waals surface area contributed by atoms with Crippen LogP contribution in [0.1, 0.15) is 11.1 Å². The van der Waals surface area contributed by atoms with E-state index in [0.717, 1.165) is 10.5 Å². The zero-order valence-electron chi connectivity index (χ0n) is 15.6. The number of amides is 3. The SMILES string of the molecule is C=CCN1C(=O)N/C(=C\c2cc(Br)c(OCc3ccccc3Cl)c(OC)c2)C1=O. The van der Waals surface area contributed by atoms with Crippen molar-refractivity contribution in [2.75, 3.05) is 13.7 Å². The van der Waals surface area contributed by atoms with Crippen LogP contribution in [0.3, 0.4) is 0 Å². The first-order chi connectivity index (χ1) is 13.9. The van der Waals surface area contributed by atoms with Crippen LogP contribution in [-0.2, 0) is 11.4 Å². The second-order valence-corrected chi connectivity index (χ2v) is 7.37. The molecule has 29 heavy (non-hydrogen) atoms. The Morgan fingerprint density at radius 2 is 2.03 bits per heavy atom. The number of benzene rings is 2. The Morgan fingerprint density at radius 3 is 2.72 bits per heavy atom. The van der Waals surface area contributed by atoms with Crippen molar-refractivity contribution in [2.45, 2.75) is 6.61 Å². The van der Waals surface area contributed by atoms with Gasteiger partial charge in [-0.1, -0.05) is 35.9 Å². The van der Waals surface area contributed by atoms with E-state index in [0.29, 0.717) is 26.6 Å². The van der Waals surface area contributed by atoms with Gasteiger partial charge in [-0.15, -0.1) is 6.58 Å². The number of imide groups is 1. The number of hydrogen-bond acceptors (Lipinski definition) is 4. The molecule has 1 heterocycles. The molecule has 0 spiro atoms. The Morgan fingerprint density at radius 1 is 1.28 bits per heavy atom. The predicted octanol–water partition coefficient (Wildman–Crippen LogP) is 4.77. The number of carbonyl (C=O) groups is 2. The van der Waals surface area contributed by atoms with Crippen LogP contribution in [0.5, 0.6) is 11.5 Å². The summed E-state index contributed by atoms with van der Waals surface area (Å²) in [6, 6.07) is 10.4. The largest absolute Gasteiger partial charge is 0.493 e. The zero-order valence-corrected chi connectivity index (χ0v) is 17.9. The Hall–Kier alpha value is -2.77. The monoisotopic (exact) mass is 476 g/mol. The van der Waals surface area contributed by atoms with Crippen LogP contribution in [0.2, 0.25) is 5.02 Å². The molecule has 8 heteroatoms. The molecule has 0 aromatic heterocycles. The maximum absolute atomic E-state index is 12.4. The van der Waals surface area contributed by atoms with E-state index in [2.05, 4.69) is 27.8 Å². The minimum Gasteiger partial charge on any atom is -0.493 e. The van der Waals surface area contributed by atoms with Gasteiger partial charge in [0.2, 0.25) is 0 Å². The summed E-state index contributed by atoms with van der Waals surface area (Å²) in [7, 11) is 1.52. The second kappa shape index (κ2) is 9.15. The van der Waals surface area contributed by atoms with Crippen molar-refractivity contribution in [3.05, 3.63) is 75.4 Å². The Labute approximate surface area is 181 Å². The zero-order chi connectivity index (χ0) is 21.0. The molecule has 0 saturated carbocycles. The van der Waals surface area contributed by atoms with E-state index in [1.54, 1.807) is 24.3 Å². The quantitative estimate of drug-likeness (QED) is 0.354. The summed E-state index contributed by atoms with van der Waals surface area (Å²) < 4.78 is 12.0. The molecule has 2 aromatic rings. The average Bonchev–Trinajstić information content (AvgIpc) is 2.95. The number of halogens is 2. The van der Waals surface area contributed by atoms with Crippen LogP contribution >= 0.6 is 27.5 Å². The lowest BCUT2D eigenvalue weighted by atomic mass is 10.1. The summed E-state index contributed by atoms with van der Waals surface area (Å²) in [5.74, 6) is 0.562. The fourth-order valence-corrected chi connectivity index (χ4v) is 3.53. The molecule has 0 aliphatic carbocycles. The smallest absolute Gasteiger partial charge is 0.329 e. The highest BCUT2D eigenvalue weighted by Crippen LogP contribution is 2.38. The third kappa shape index (κ3) is 4.63. The van der Waals surface area contributed by atoms with Gasteiger partial charge in [-0.3, -0.25) is 9.69 Å². The molecule has 1 aliphatic rings. The van der Waals surface area contributed by atoms with Crippen molar-refractivity contribution < 1.29 is 19.1 Å². The van der Waals surface area contributed by atoms with Gasteiger partial charge in [0, 0.05) is 17.1 Å². The normalized spacial score (nSPS) is 14.9. The van der Waals surface area contributed by atoms with Gasteiger partial charge in [0.1, 0.15) is 12.3 Å².